The summed E-state index contributed by atoms with van der Waals surface area (Å²) in [4.78, 5) is 11.1. The van der Waals surface area contributed by atoms with Crippen LogP contribution in [0.3, 0.4) is 0 Å². The summed E-state index contributed by atoms with van der Waals surface area (Å²) in [5.74, 6) is 0.256. The molecule has 8 heteroatoms. The molecule has 0 bridgehead atoms. The smallest absolute Gasteiger partial charge is 0.388 e. The molecule has 6 nitrogen and oxygen atoms in total. The minimum atomic E-state index is -0.580. The van der Waals surface area contributed by atoms with Crippen LogP contribution in [0.4, 0.5) is 5.69 Å². The summed E-state index contributed by atoms with van der Waals surface area (Å²) in [6, 6.07) is 3.92. The van der Waals surface area contributed by atoms with Crippen molar-refractivity contribution in [3.05, 3.63) is 32.2 Å². The van der Waals surface area contributed by atoms with Crippen molar-refractivity contribution in [2.75, 3.05) is 18.4 Å². The molecule has 3 N–H and O–H groups in total. The Kier molecular flexibility index (Phi) is 5.08. The summed E-state index contributed by atoms with van der Waals surface area (Å²) in [5.41, 5.74) is 1.48. The monoisotopic (exact) mass is 400 g/mol. The van der Waals surface area contributed by atoms with Crippen LogP contribution in [-0.4, -0.2) is 29.3 Å². The second kappa shape index (κ2) is 7.07. The zero-order valence-electron chi connectivity index (χ0n) is 12.7. The van der Waals surface area contributed by atoms with Crippen molar-refractivity contribution in [3.8, 4) is 11.5 Å². The molecule has 2 heterocycles. The van der Waals surface area contributed by atoms with Gasteiger partial charge in [0.05, 0.1) is 10.7 Å². The van der Waals surface area contributed by atoms with Gasteiger partial charge in [-0.3, -0.25) is 0 Å². The first-order chi connectivity index (χ1) is 11.0. The molecule has 1 aliphatic rings. The summed E-state index contributed by atoms with van der Waals surface area (Å²) >= 11 is 9.85. The van der Waals surface area contributed by atoms with Gasteiger partial charge in [0.1, 0.15) is 0 Å². The van der Waals surface area contributed by atoms with Crippen LogP contribution in [0.2, 0.25) is 5.02 Å². The summed E-state index contributed by atoms with van der Waals surface area (Å²) in [7, 11) is 0. The van der Waals surface area contributed by atoms with E-state index in [1.165, 1.54) is 0 Å². The van der Waals surface area contributed by atoms with Crippen molar-refractivity contribution in [3.63, 3.8) is 0 Å². The second-order valence-electron chi connectivity index (χ2n) is 5.76. The Balaban J connectivity index is 1.85. The van der Waals surface area contributed by atoms with Crippen molar-refractivity contribution >= 4 is 33.2 Å². The lowest BCUT2D eigenvalue weighted by Crippen LogP contribution is -2.36. The molecule has 3 rings (SSSR count). The first-order valence-corrected chi connectivity index (χ1v) is 8.74. The predicted octanol–water partition coefficient (Wildman–Crippen LogP) is 3.25. The Morgan fingerprint density at radius 2 is 2.17 bits per heavy atom. The van der Waals surface area contributed by atoms with Gasteiger partial charge in [-0.25, -0.2) is 9.89 Å². The van der Waals surface area contributed by atoms with E-state index in [1.54, 1.807) is 6.07 Å². The normalized spacial score (nSPS) is 17.2. The van der Waals surface area contributed by atoms with Gasteiger partial charge in [-0.05, 0) is 66.8 Å². The third-order valence-corrected chi connectivity index (χ3v) is 5.45. The van der Waals surface area contributed by atoms with Crippen molar-refractivity contribution in [2.24, 2.45) is 5.92 Å². The number of halogens is 2. The minimum absolute atomic E-state index is 0.241. The molecule has 124 valence electrons. The molecule has 0 spiro atoms. The van der Waals surface area contributed by atoms with Crippen molar-refractivity contribution < 1.29 is 4.42 Å². The number of rotatable bonds is 4. The molecule has 1 aliphatic heterocycles. The molecule has 0 radical (unpaired) electrons. The lowest BCUT2D eigenvalue weighted by molar-refractivity contribution is 0.343. The zero-order chi connectivity index (χ0) is 16.4. The van der Waals surface area contributed by atoms with Gasteiger partial charge >= 0.3 is 5.76 Å². The molecule has 2 aromatic rings. The number of hydrogen-bond donors (Lipinski definition) is 3. The van der Waals surface area contributed by atoms with Gasteiger partial charge in [0, 0.05) is 16.1 Å². The fraction of sp³-hybridized carbons (Fsp3) is 0.467. The highest BCUT2D eigenvalue weighted by atomic mass is 79.9. The Morgan fingerprint density at radius 3 is 2.83 bits per heavy atom. The molecule has 23 heavy (non-hydrogen) atoms. The number of aromatic amines is 1. The third kappa shape index (κ3) is 3.79. The molecule has 0 saturated carbocycles. The summed E-state index contributed by atoms with van der Waals surface area (Å²) in [5, 5.41) is 13.6. The van der Waals surface area contributed by atoms with Crippen LogP contribution in [0.1, 0.15) is 19.8 Å². The fourth-order valence-corrected chi connectivity index (χ4v) is 3.50. The van der Waals surface area contributed by atoms with Crippen LogP contribution in [-0.2, 0) is 0 Å². The number of aromatic nitrogens is 2. The highest BCUT2D eigenvalue weighted by Crippen LogP contribution is 2.36. The standard InChI is InChI=1S/C15H18BrClN4O2/c1-8(9-2-4-18-5-3-9)19-12-7-10(6-11(16)13(12)17)14-20-21-15(22)23-14/h6-9,18-19H,2-5H2,1H3,(H,21,22)/t8-/m0/s1. The fourth-order valence-electron chi connectivity index (χ4n) is 2.88. The average Bonchev–Trinajstić information content (AvgIpc) is 2.99. The molecular weight excluding hydrogens is 384 g/mol. The molecule has 1 aromatic carbocycles. The van der Waals surface area contributed by atoms with Crippen LogP contribution in [0.5, 0.6) is 0 Å². The number of nitrogens with zero attached hydrogens (tertiary/aromatic N) is 1. The summed E-state index contributed by atoms with van der Waals surface area (Å²) in [6.45, 7) is 4.26. The SMILES string of the molecule is C[C@H](Nc1cc(-c2n[nH]c(=O)o2)cc(Br)c1Cl)C1CCNCC1. The van der Waals surface area contributed by atoms with E-state index in [2.05, 4.69) is 43.7 Å². The van der Waals surface area contributed by atoms with E-state index in [0.717, 1.165) is 36.1 Å². The molecule has 1 fully saturated rings. The number of hydrogen-bond acceptors (Lipinski definition) is 5. The summed E-state index contributed by atoms with van der Waals surface area (Å²) in [6.07, 6.45) is 2.28. The van der Waals surface area contributed by atoms with Crippen molar-refractivity contribution in [1.82, 2.24) is 15.5 Å². The van der Waals surface area contributed by atoms with Crippen LogP contribution in [0.15, 0.2) is 25.8 Å². The van der Waals surface area contributed by atoms with Gasteiger partial charge in [-0.15, -0.1) is 5.10 Å². The molecule has 0 amide bonds. The van der Waals surface area contributed by atoms with E-state index in [9.17, 15) is 4.79 Å². The lowest BCUT2D eigenvalue weighted by Gasteiger charge is -2.30. The van der Waals surface area contributed by atoms with E-state index in [0.29, 0.717) is 22.5 Å². The van der Waals surface area contributed by atoms with Crippen LogP contribution >= 0.6 is 27.5 Å². The molecular formula is C15H18BrClN4O2. The Bertz CT molecular complexity index is 739. The van der Waals surface area contributed by atoms with Gasteiger partial charge in [0.2, 0.25) is 5.89 Å². The maximum Gasteiger partial charge on any atom is 0.434 e. The number of nitrogens with one attached hydrogen (secondary N) is 3. The molecule has 1 atom stereocenters. The highest BCUT2D eigenvalue weighted by Gasteiger charge is 2.21. The summed E-state index contributed by atoms with van der Waals surface area (Å²) < 4.78 is 5.74. The molecule has 0 unspecified atom stereocenters. The van der Waals surface area contributed by atoms with Gasteiger partial charge < -0.3 is 15.1 Å². The van der Waals surface area contributed by atoms with E-state index < -0.39 is 5.76 Å². The zero-order valence-corrected chi connectivity index (χ0v) is 15.0. The number of piperidine rings is 1. The van der Waals surface area contributed by atoms with Crippen LogP contribution in [0.25, 0.3) is 11.5 Å². The third-order valence-electron chi connectivity index (χ3n) is 4.19. The Hall–Kier alpha value is -1.31. The van der Waals surface area contributed by atoms with Crippen LogP contribution in [0, 0.1) is 5.92 Å². The first-order valence-electron chi connectivity index (χ1n) is 7.57. The van der Waals surface area contributed by atoms with Crippen molar-refractivity contribution in [2.45, 2.75) is 25.8 Å². The largest absolute Gasteiger partial charge is 0.434 e. The Labute approximate surface area is 147 Å². The highest BCUT2D eigenvalue weighted by molar-refractivity contribution is 9.10. The molecule has 1 aromatic heterocycles. The predicted molar refractivity (Wildman–Crippen MR) is 93.9 cm³/mol. The number of anilines is 1. The Morgan fingerprint density at radius 1 is 1.43 bits per heavy atom. The molecule has 1 saturated heterocycles. The number of benzene rings is 1. The average molecular weight is 402 g/mol. The van der Waals surface area contributed by atoms with Gasteiger partial charge in [0.15, 0.2) is 0 Å². The quantitative estimate of drug-likeness (QED) is 0.732. The van der Waals surface area contributed by atoms with Crippen LogP contribution < -0.4 is 16.4 Å². The second-order valence-corrected chi connectivity index (χ2v) is 6.99. The molecule has 0 aliphatic carbocycles. The number of H-pyrrole nitrogens is 1. The van der Waals surface area contributed by atoms with E-state index in [-0.39, 0.29) is 5.89 Å². The van der Waals surface area contributed by atoms with Gasteiger partial charge in [-0.2, -0.15) is 0 Å². The van der Waals surface area contributed by atoms with E-state index >= 15 is 0 Å². The first kappa shape index (κ1) is 16.5. The van der Waals surface area contributed by atoms with Gasteiger partial charge in [-0.1, -0.05) is 11.6 Å². The maximum atomic E-state index is 11.1. The maximum absolute atomic E-state index is 11.1. The lowest BCUT2D eigenvalue weighted by atomic mass is 9.91. The van der Waals surface area contributed by atoms with Gasteiger partial charge in [0.25, 0.3) is 0 Å². The van der Waals surface area contributed by atoms with E-state index in [1.807, 2.05) is 6.07 Å². The topological polar surface area (TPSA) is 83.0 Å². The minimum Gasteiger partial charge on any atom is -0.388 e. The van der Waals surface area contributed by atoms with Crippen molar-refractivity contribution in [1.29, 1.82) is 0 Å². The van der Waals surface area contributed by atoms with E-state index in [4.69, 9.17) is 16.0 Å².